The van der Waals surface area contributed by atoms with Gasteiger partial charge in [-0.1, -0.05) is 30.7 Å². The number of methoxy groups -OCH3 is 1. The van der Waals surface area contributed by atoms with E-state index in [1.165, 1.54) is 44.2 Å². The molecule has 0 aliphatic carbocycles. The Labute approximate surface area is 162 Å². The van der Waals surface area contributed by atoms with Crippen molar-refractivity contribution in [1.82, 2.24) is 15.5 Å². The molecule has 1 heterocycles. The molecule has 6 heteroatoms. The van der Waals surface area contributed by atoms with Gasteiger partial charge in [0.2, 0.25) is 0 Å². The van der Waals surface area contributed by atoms with Crippen LogP contribution < -0.4 is 10.6 Å². The summed E-state index contributed by atoms with van der Waals surface area (Å²) >= 11 is 5.31. The molecule has 5 nitrogen and oxygen atoms in total. The van der Waals surface area contributed by atoms with Gasteiger partial charge in [0.15, 0.2) is 5.11 Å². The first-order valence-electron chi connectivity index (χ1n) is 9.56. The van der Waals surface area contributed by atoms with Crippen LogP contribution in [0.5, 0.6) is 0 Å². The fourth-order valence-electron chi connectivity index (χ4n) is 3.08. The molecule has 1 fully saturated rings. The van der Waals surface area contributed by atoms with Crippen molar-refractivity contribution in [3.63, 3.8) is 0 Å². The van der Waals surface area contributed by atoms with E-state index in [2.05, 4.69) is 44.5 Å². The van der Waals surface area contributed by atoms with Crippen LogP contribution in [0.25, 0.3) is 0 Å². The van der Waals surface area contributed by atoms with Crippen LogP contribution in [0.2, 0.25) is 0 Å². The van der Waals surface area contributed by atoms with E-state index in [4.69, 9.17) is 12.2 Å². The molecule has 1 aromatic rings. The van der Waals surface area contributed by atoms with Crippen molar-refractivity contribution in [2.24, 2.45) is 0 Å². The third-order valence-electron chi connectivity index (χ3n) is 4.65. The highest BCUT2D eigenvalue weighted by Crippen LogP contribution is 2.13. The molecular formula is C20H31N3O2S. The van der Waals surface area contributed by atoms with Gasteiger partial charge in [-0.25, -0.2) is 0 Å². The molecule has 0 bridgehead atoms. The zero-order chi connectivity index (χ0) is 18.6. The van der Waals surface area contributed by atoms with E-state index in [0.29, 0.717) is 11.5 Å². The van der Waals surface area contributed by atoms with Crippen molar-refractivity contribution >= 4 is 23.3 Å². The van der Waals surface area contributed by atoms with E-state index in [-0.39, 0.29) is 5.97 Å². The monoisotopic (exact) mass is 377 g/mol. The van der Waals surface area contributed by atoms with Gasteiger partial charge in [0.1, 0.15) is 0 Å². The van der Waals surface area contributed by atoms with Gasteiger partial charge in [0.05, 0.1) is 7.11 Å². The number of nitrogens with zero attached hydrogens (tertiary/aromatic N) is 1. The lowest BCUT2D eigenvalue weighted by Gasteiger charge is -2.15. The minimum absolute atomic E-state index is 0.137. The quantitative estimate of drug-likeness (QED) is 0.371. The molecule has 0 aromatic heterocycles. The Morgan fingerprint density at radius 2 is 1.77 bits per heavy atom. The normalized spacial score (nSPS) is 14.2. The highest BCUT2D eigenvalue weighted by molar-refractivity contribution is 7.80. The minimum Gasteiger partial charge on any atom is -0.469 e. The standard InChI is InChI=1S/C20H31N3O2S/c1-25-19(24)7-3-2-4-12-21-20(26)22-15-17-8-10-18(11-9-17)16-23-13-5-6-14-23/h8-11H,2-7,12-16H2,1H3,(H2,21,22,26). The molecule has 0 unspecified atom stereocenters. The maximum absolute atomic E-state index is 11.0. The van der Waals surface area contributed by atoms with Gasteiger partial charge in [-0.15, -0.1) is 0 Å². The van der Waals surface area contributed by atoms with Crippen LogP contribution >= 0.6 is 12.2 Å². The molecular weight excluding hydrogens is 346 g/mol. The minimum atomic E-state index is -0.137. The summed E-state index contributed by atoms with van der Waals surface area (Å²) in [5, 5.41) is 7.14. The number of thiocarbonyl (C=S) groups is 1. The summed E-state index contributed by atoms with van der Waals surface area (Å²) in [6.45, 7) is 5.07. The Hall–Kier alpha value is -1.66. The predicted molar refractivity (Wildman–Crippen MR) is 109 cm³/mol. The van der Waals surface area contributed by atoms with Gasteiger partial charge in [-0.05, 0) is 62.1 Å². The first-order valence-corrected chi connectivity index (χ1v) is 9.97. The summed E-state index contributed by atoms with van der Waals surface area (Å²) in [5.74, 6) is -0.137. The molecule has 0 radical (unpaired) electrons. The molecule has 1 aromatic carbocycles. The lowest BCUT2D eigenvalue weighted by molar-refractivity contribution is -0.140. The maximum atomic E-state index is 11.0. The topological polar surface area (TPSA) is 53.6 Å². The van der Waals surface area contributed by atoms with Gasteiger partial charge >= 0.3 is 5.97 Å². The summed E-state index contributed by atoms with van der Waals surface area (Å²) in [5.41, 5.74) is 2.61. The van der Waals surface area contributed by atoms with E-state index in [1.807, 2.05) is 0 Å². The van der Waals surface area contributed by atoms with E-state index in [0.717, 1.165) is 38.9 Å². The molecule has 1 aliphatic heterocycles. The summed E-state index contributed by atoms with van der Waals surface area (Å²) in [6.07, 6.45) is 5.99. The molecule has 1 saturated heterocycles. The number of unbranched alkanes of at least 4 members (excludes halogenated alkanes) is 2. The molecule has 0 saturated carbocycles. The average Bonchev–Trinajstić information content (AvgIpc) is 3.16. The van der Waals surface area contributed by atoms with Crippen molar-refractivity contribution in [2.45, 2.75) is 51.6 Å². The SMILES string of the molecule is COC(=O)CCCCCNC(=S)NCc1ccc(CN2CCCC2)cc1. The Morgan fingerprint density at radius 3 is 2.46 bits per heavy atom. The summed E-state index contributed by atoms with van der Waals surface area (Å²) in [6, 6.07) is 8.78. The summed E-state index contributed by atoms with van der Waals surface area (Å²) < 4.78 is 4.62. The van der Waals surface area contributed by atoms with E-state index >= 15 is 0 Å². The third kappa shape index (κ3) is 8.15. The van der Waals surface area contributed by atoms with Crippen LogP contribution in [0, 0.1) is 0 Å². The second-order valence-corrected chi connectivity index (χ2v) is 7.20. The second kappa shape index (κ2) is 11.9. The van der Waals surface area contributed by atoms with Crippen LogP contribution in [0.4, 0.5) is 0 Å². The number of ether oxygens (including phenoxy) is 1. The zero-order valence-corrected chi connectivity index (χ0v) is 16.6. The first kappa shape index (κ1) is 20.6. The van der Waals surface area contributed by atoms with Gasteiger partial charge in [0, 0.05) is 26.1 Å². The lowest BCUT2D eigenvalue weighted by atomic mass is 10.1. The number of likely N-dealkylation sites (tertiary alicyclic amines) is 1. The largest absolute Gasteiger partial charge is 0.469 e. The predicted octanol–water partition coefficient (Wildman–Crippen LogP) is 2.98. The van der Waals surface area contributed by atoms with E-state index in [1.54, 1.807) is 0 Å². The number of hydrogen-bond acceptors (Lipinski definition) is 4. The number of nitrogens with one attached hydrogen (secondary N) is 2. The van der Waals surface area contributed by atoms with Crippen LogP contribution in [0.15, 0.2) is 24.3 Å². The van der Waals surface area contributed by atoms with Crippen molar-refractivity contribution in [3.05, 3.63) is 35.4 Å². The zero-order valence-electron chi connectivity index (χ0n) is 15.8. The van der Waals surface area contributed by atoms with Gasteiger partial charge in [0.25, 0.3) is 0 Å². The number of hydrogen-bond donors (Lipinski definition) is 2. The first-order chi connectivity index (χ1) is 12.7. The number of esters is 1. The van der Waals surface area contributed by atoms with Crippen LogP contribution in [0.3, 0.4) is 0 Å². The molecule has 1 aliphatic rings. The summed E-state index contributed by atoms with van der Waals surface area (Å²) in [7, 11) is 1.43. The number of carbonyl (C=O) groups is 1. The molecule has 0 spiro atoms. The summed E-state index contributed by atoms with van der Waals surface area (Å²) in [4.78, 5) is 13.5. The molecule has 26 heavy (non-hydrogen) atoms. The highest BCUT2D eigenvalue weighted by Gasteiger charge is 2.11. The van der Waals surface area contributed by atoms with Crippen molar-refractivity contribution in [2.75, 3.05) is 26.7 Å². The fourth-order valence-corrected chi connectivity index (χ4v) is 3.26. The lowest BCUT2D eigenvalue weighted by Crippen LogP contribution is -2.35. The van der Waals surface area contributed by atoms with E-state index in [9.17, 15) is 4.79 Å². The van der Waals surface area contributed by atoms with Gasteiger partial charge < -0.3 is 15.4 Å². The van der Waals surface area contributed by atoms with Crippen molar-refractivity contribution in [1.29, 1.82) is 0 Å². The highest BCUT2D eigenvalue weighted by atomic mass is 32.1. The van der Waals surface area contributed by atoms with Crippen LogP contribution in [-0.4, -0.2) is 42.7 Å². The molecule has 2 N–H and O–H groups in total. The molecule has 0 atom stereocenters. The number of rotatable bonds is 10. The van der Waals surface area contributed by atoms with Crippen LogP contribution in [0.1, 0.15) is 49.7 Å². The van der Waals surface area contributed by atoms with Crippen LogP contribution in [-0.2, 0) is 22.6 Å². The Bertz CT molecular complexity index is 557. The van der Waals surface area contributed by atoms with Gasteiger partial charge in [-0.3, -0.25) is 9.69 Å². The third-order valence-corrected chi connectivity index (χ3v) is 4.94. The molecule has 144 valence electrons. The number of carbonyl (C=O) groups excluding carboxylic acids is 1. The maximum Gasteiger partial charge on any atom is 0.305 e. The smallest absolute Gasteiger partial charge is 0.305 e. The molecule has 0 amide bonds. The Morgan fingerprint density at radius 1 is 1.08 bits per heavy atom. The second-order valence-electron chi connectivity index (χ2n) is 6.80. The van der Waals surface area contributed by atoms with Gasteiger partial charge in [-0.2, -0.15) is 0 Å². The average molecular weight is 378 g/mol. The Balaban J connectivity index is 1.55. The fraction of sp³-hybridized carbons (Fsp3) is 0.600. The number of benzene rings is 1. The van der Waals surface area contributed by atoms with E-state index < -0.39 is 0 Å². The Kier molecular flexibility index (Phi) is 9.42. The van der Waals surface area contributed by atoms with Crippen molar-refractivity contribution in [3.8, 4) is 0 Å². The molecule has 2 rings (SSSR count). The van der Waals surface area contributed by atoms with Crippen molar-refractivity contribution < 1.29 is 9.53 Å².